The number of nitrogens with zero attached hydrogens (tertiary/aromatic N) is 4. The number of aryl methyl sites for hydroxylation is 1. The maximum absolute atomic E-state index is 11.8. The number of carboxylic acid groups (broad SMARTS) is 1. The van der Waals surface area contributed by atoms with Crippen LogP contribution in [-0.4, -0.2) is 37.9 Å². The number of aromatic nitrogens is 3. The fourth-order valence-electron chi connectivity index (χ4n) is 1.20. The van der Waals surface area contributed by atoms with Gasteiger partial charge in [-0.05, 0) is 0 Å². The molecule has 0 saturated heterocycles. The molecule has 0 spiro atoms. The molecule has 1 aromatic rings. The zero-order valence-corrected chi connectivity index (χ0v) is 8.98. The maximum atomic E-state index is 11.8. The maximum Gasteiger partial charge on any atom is 0.303 e. The minimum absolute atomic E-state index is 0.0711. The van der Waals surface area contributed by atoms with Crippen LogP contribution in [0.4, 0.5) is 0 Å². The molecule has 1 aliphatic rings. The van der Waals surface area contributed by atoms with Crippen molar-refractivity contribution in [2.24, 2.45) is 5.10 Å². The van der Waals surface area contributed by atoms with E-state index in [4.69, 9.17) is 5.11 Å². The summed E-state index contributed by atoms with van der Waals surface area (Å²) in [5.41, 5.74) is -0.263. The van der Waals surface area contributed by atoms with Gasteiger partial charge in [0.15, 0.2) is 0 Å². The van der Waals surface area contributed by atoms with Crippen molar-refractivity contribution < 1.29 is 9.90 Å². The van der Waals surface area contributed by atoms with Crippen molar-refractivity contribution in [2.75, 3.05) is 5.75 Å². The molecule has 1 aliphatic heterocycles. The molecule has 0 saturated carbocycles. The molecule has 7 nitrogen and oxygen atoms in total. The molecule has 0 aliphatic carbocycles. The average molecular weight is 240 g/mol. The highest BCUT2D eigenvalue weighted by Gasteiger charge is 2.14. The second-order valence-corrected chi connectivity index (χ2v) is 4.04. The molecular formula is C8H8N4O3S. The second kappa shape index (κ2) is 4.44. The van der Waals surface area contributed by atoms with Gasteiger partial charge in [0.2, 0.25) is 5.16 Å². The predicted octanol–water partition coefficient (Wildman–Crippen LogP) is -0.405. The normalized spacial score (nSPS) is 13.5. The lowest BCUT2D eigenvalue weighted by molar-refractivity contribution is -0.136. The Labute approximate surface area is 94.2 Å². The van der Waals surface area contributed by atoms with E-state index in [0.717, 1.165) is 4.68 Å². The highest BCUT2D eigenvalue weighted by atomic mass is 32.2. The molecule has 2 rings (SSSR count). The summed E-state index contributed by atoms with van der Waals surface area (Å²) in [6, 6.07) is 0. The third kappa shape index (κ3) is 2.11. The van der Waals surface area contributed by atoms with Crippen molar-refractivity contribution in [2.45, 2.75) is 18.0 Å². The van der Waals surface area contributed by atoms with Gasteiger partial charge in [-0.3, -0.25) is 9.59 Å². The van der Waals surface area contributed by atoms with E-state index in [0.29, 0.717) is 10.9 Å². The lowest BCUT2D eigenvalue weighted by Gasteiger charge is -2.09. The van der Waals surface area contributed by atoms with Gasteiger partial charge in [0.05, 0.1) is 6.42 Å². The number of carbonyl (C=O) groups is 1. The van der Waals surface area contributed by atoms with Crippen LogP contribution in [0.15, 0.2) is 15.1 Å². The lowest BCUT2D eigenvalue weighted by atomic mass is 10.2. The highest BCUT2D eigenvalue weighted by Crippen LogP contribution is 2.14. The lowest BCUT2D eigenvalue weighted by Crippen LogP contribution is -2.27. The van der Waals surface area contributed by atoms with Crippen molar-refractivity contribution >= 4 is 23.9 Å². The quantitative estimate of drug-likeness (QED) is 0.771. The van der Waals surface area contributed by atoms with Crippen molar-refractivity contribution in [1.29, 1.82) is 0 Å². The van der Waals surface area contributed by atoms with Gasteiger partial charge in [0.25, 0.3) is 5.56 Å². The molecule has 0 fully saturated rings. The smallest absolute Gasteiger partial charge is 0.303 e. The number of thioether (sulfide) groups is 1. The van der Waals surface area contributed by atoms with E-state index >= 15 is 0 Å². The van der Waals surface area contributed by atoms with E-state index in [1.165, 1.54) is 11.8 Å². The van der Waals surface area contributed by atoms with Gasteiger partial charge < -0.3 is 5.11 Å². The zero-order valence-electron chi connectivity index (χ0n) is 8.16. The molecule has 8 heteroatoms. The third-order valence-corrected chi connectivity index (χ3v) is 2.76. The SMILES string of the molecule is O=C(O)CCc1nnc2n(c1=O)N=CCS2. The van der Waals surface area contributed by atoms with Gasteiger partial charge in [-0.1, -0.05) is 11.8 Å². The van der Waals surface area contributed by atoms with Crippen molar-refractivity contribution in [1.82, 2.24) is 14.9 Å². The monoisotopic (exact) mass is 240 g/mol. The summed E-state index contributed by atoms with van der Waals surface area (Å²) in [6.07, 6.45) is 1.53. The number of aliphatic carboxylic acids is 1. The molecule has 0 aromatic carbocycles. The first-order chi connectivity index (χ1) is 7.68. The number of fused-ring (bicyclic) bond motifs is 1. The summed E-state index contributed by atoms with van der Waals surface area (Å²) < 4.78 is 1.15. The largest absolute Gasteiger partial charge is 0.481 e. The van der Waals surface area contributed by atoms with Gasteiger partial charge in [0.1, 0.15) is 5.69 Å². The van der Waals surface area contributed by atoms with Gasteiger partial charge in [0, 0.05) is 18.4 Å². The van der Waals surface area contributed by atoms with E-state index < -0.39 is 11.5 Å². The summed E-state index contributed by atoms with van der Waals surface area (Å²) >= 11 is 1.36. The molecule has 1 aromatic heterocycles. The fraction of sp³-hybridized carbons (Fsp3) is 0.375. The predicted molar refractivity (Wildman–Crippen MR) is 56.9 cm³/mol. The van der Waals surface area contributed by atoms with Crippen LogP contribution >= 0.6 is 11.8 Å². The summed E-state index contributed by atoms with van der Waals surface area (Å²) in [4.78, 5) is 22.1. The standard InChI is InChI=1S/C8H8N4O3S/c13-6(14)2-1-5-7(15)12-8(11-10-5)16-4-3-9-12/h3H,1-2,4H2,(H,13,14). The van der Waals surface area contributed by atoms with Crippen molar-refractivity contribution in [3.8, 4) is 0 Å². The Balaban J connectivity index is 2.32. The topological polar surface area (TPSA) is 97.4 Å². The number of hydrogen-bond donors (Lipinski definition) is 1. The number of hydrogen-bond acceptors (Lipinski definition) is 6. The Kier molecular flexibility index (Phi) is 3.00. The van der Waals surface area contributed by atoms with E-state index in [9.17, 15) is 9.59 Å². The second-order valence-electron chi connectivity index (χ2n) is 3.05. The Morgan fingerprint density at radius 3 is 3.12 bits per heavy atom. The molecule has 0 unspecified atom stereocenters. The molecule has 2 heterocycles. The minimum Gasteiger partial charge on any atom is -0.481 e. The molecule has 0 atom stereocenters. The molecule has 84 valence electrons. The Bertz CT molecular complexity index is 510. The molecular weight excluding hydrogens is 232 g/mol. The van der Waals surface area contributed by atoms with E-state index in [2.05, 4.69) is 15.3 Å². The summed E-state index contributed by atoms with van der Waals surface area (Å²) in [7, 11) is 0. The van der Waals surface area contributed by atoms with Gasteiger partial charge in [-0.25, -0.2) is 0 Å². The van der Waals surface area contributed by atoms with Crippen LogP contribution in [0, 0.1) is 0 Å². The number of rotatable bonds is 3. The summed E-state index contributed by atoms with van der Waals surface area (Å²) in [5.74, 6) is -0.315. The minimum atomic E-state index is -0.971. The van der Waals surface area contributed by atoms with Gasteiger partial charge in [-0.2, -0.15) is 9.78 Å². The molecule has 16 heavy (non-hydrogen) atoms. The van der Waals surface area contributed by atoms with E-state index in [1.807, 2.05) is 0 Å². The Hall–Kier alpha value is -1.70. The van der Waals surface area contributed by atoms with E-state index in [-0.39, 0.29) is 18.5 Å². The average Bonchev–Trinajstić information content (AvgIpc) is 2.28. The first kappa shape index (κ1) is 10.8. The van der Waals surface area contributed by atoms with Crippen LogP contribution < -0.4 is 5.56 Å². The zero-order chi connectivity index (χ0) is 11.5. The first-order valence-corrected chi connectivity index (χ1v) is 5.53. The van der Waals surface area contributed by atoms with Crippen LogP contribution in [0.3, 0.4) is 0 Å². The van der Waals surface area contributed by atoms with E-state index in [1.54, 1.807) is 6.21 Å². The molecule has 0 bridgehead atoms. The number of carboxylic acids is 1. The molecule has 1 N–H and O–H groups in total. The molecule has 0 radical (unpaired) electrons. The first-order valence-electron chi connectivity index (χ1n) is 4.54. The summed E-state index contributed by atoms with van der Waals surface area (Å²) in [6.45, 7) is 0. The van der Waals surface area contributed by atoms with Crippen LogP contribution in [0.25, 0.3) is 0 Å². The highest BCUT2D eigenvalue weighted by molar-refractivity contribution is 7.99. The summed E-state index contributed by atoms with van der Waals surface area (Å²) in [5, 5.41) is 20.4. The Morgan fingerprint density at radius 2 is 2.38 bits per heavy atom. The van der Waals surface area contributed by atoms with Crippen LogP contribution in [-0.2, 0) is 11.2 Å². The molecule has 0 amide bonds. The Morgan fingerprint density at radius 1 is 1.56 bits per heavy atom. The fourth-order valence-corrected chi connectivity index (χ4v) is 1.84. The van der Waals surface area contributed by atoms with Crippen LogP contribution in [0.1, 0.15) is 12.1 Å². The van der Waals surface area contributed by atoms with Crippen LogP contribution in [0.2, 0.25) is 0 Å². The van der Waals surface area contributed by atoms with Gasteiger partial charge >= 0.3 is 5.97 Å². The van der Waals surface area contributed by atoms with Gasteiger partial charge in [-0.15, -0.1) is 10.2 Å². The third-order valence-electron chi connectivity index (χ3n) is 1.94. The van der Waals surface area contributed by atoms with Crippen molar-refractivity contribution in [3.63, 3.8) is 0 Å². The van der Waals surface area contributed by atoms with Crippen molar-refractivity contribution in [3.05, 3.63) is 16.0 Å². The van der Waals surface area contributed by atoms with Crippen LogP contribution in [0.5, 0.6) is 0 Å².